The molecule has 0 radical (unpaired) electrons. The van der Waals surface area contributed by atoms with Gasteiger partial charge in [-0.2, -0.15) is 0 Å². The van der Waals surface area contributed by atoms with Gasteiger partial charge in [-0.3, -0.25) is 4.79 Å². The van der Waals surface area contributed by atoms with E-state index in [0.29, 0.717) is 6.54 Å². The van der Waals surface area contributed by atoms with E-state index in [4.69, 9.17) is 0 Å². The first-order valence-corrected chi connectivity index (χ1v) is 8.10. The van der Waals surface area contributed by atoms with Gasteiger partial charge in [0.15, 0.2) is 0 Å². The Morgan fingerprint density at radius 2 is 1.58 bits per heavy atom. The van der Waals surface area contributed by atoms with E-state index in [1.165, 1.54) is 10.8 Å². The van der Waals surface area contributed by atoms with Gasteiger partial charge in [0, 0.05) is 18.4 Å². The van der Waals surface area contributed by atoms with Crippen molar-refractivity contribution in [1.29, 1.82) is 0 Å². The molecule has 0 aliphatic heterocycles. The molecule has 24 heavy (non-hydrogen) atoms. The van der Waals surface area contributed by atoms with Gasteiger partial charge < -0.3 is 10.2 Å². The third kappa shape index (κ3) is 3.40. The highest BCUT2D eigenvalue weighted by molar-refractivity contribution is 5.96. The fraction of sp³-hybridized carbons (Fsp3) is 0.190. The van der Waals surface area contributed by atoms with Crippen molar-refractivity contribution < 1.29 is 4.79 Å². The van der Waals surface area contributed by atoms with Crippen LogP contribution in [0.3, 0.4) is 0 Å². The van der Waals surface area contributed by atoms with Crippen LogP contribution in [0.5, 0.6) is 0 Å². The molecule has 0 spiro atoms. The molecular formula is C21H22N2O. The predicted molar refractivity (Wildman–Crippen MR) is 102 cm³/mol. The Morgan fingerprint density at radius 1 is 0.917 bits per heavy atom. The Balaban J connectivity index is 1.73. The largest absolute Gasteiger partial charge is 0.365 e. The lowest BCUT2D eigenvalue weighted by molar-refractivity contribution is -0.114. The first-order chi connectivity index (χ1) is 11.5. The van der Waals surface area contributed by atoms with E-state index in [-0.39, 0.29) is 5.91 Å². The van der Waals surface area contributed by atoms with Crippen LogP contribution in [-0.2, 0) is 4.79 Å². The minimum atomic E-state index is -0.0111. The number of amides is 1. The van der Waals surface area contributed by atoms with Gasteiger partial charge in [-0.15, -0.1) is 0 Å². The lowest BCUT2D eigenvalue weighted by Gasteiger charge is -2.20. The van der Waals surface area contributed by atoms with Crippen molar-refractivity contribution in [2.45, 2.75) is 13.8 Å². The normalized spacial score (nSPS) is 10.6. The summed E-state index contributed by atoms with van der Waals surface area (Å²) in [5.41, 5.74) is 4.10. The monoisotopic (exact) mass is 318 g/mol. The third-order valence-corrected chi connectivity index (χ3v) is 4.30. The molecule has 122 valence electrons. The van der Waals surface area contributed by atoms with Gasteiger partial charge in [-0.05, 0) is 47.9 Å². The average Bonchev–Trinajstić information content (AvgIpc) is 2.58. The molecule has 3 aromatic rings. The van der Waals surface area contributed by atoms with E-state index in [1.807, 2.05) is 56.1 Å². The molecule has 3 nitrogen and oxygen atoms in total. The SMILES string of the molecule is Cc1cccc(C)c1NC(=O)CN(C)c1ccc2ccccc2c1. The molecule has 3 heteroatoms. The summed E-state index contributed by atoms with van der Waals surface area (Å²) in [6.07, 6.45) is 0. The van der Waals surface area contributed by atoms with Crippen LogP contribution in [0.1, 0.15) is 11.1 Å². The van der Waals surface area contributed by atoms with Crippen LogP contribution >= 0.6 is 0 Å². The zero-order chi connectivity index (χ0) is 17.1. The number of carbonyl (C=O) groups is 1. The van der Waals surface area contributed by atoms with Crippen LogP contribution < -0.4 is 10.2 Å². The highest BCUT2D eigenvalue weighted by Gasteiger charge is 2.11. The molecule has 0 saturated carbocycles. The molecule has 0 saturated heterocycles. The van der Waals surface area contributed by atoms with E-state index in [1.54, 1.807) is 0 Å². The highest BCUT2D eigenvalue weighted by atomic mass is 16.2. The Bertz CT molecular complexity index is 866. The topological polar surface area (TPSA) is 32.3 Å². The van der Waals surface area contributed by atoms with Crippen molar-refractivity contribution in [3.63, 3.8) is 0 Å². The molecule has 0 fully saturated rings. The first kappa shape index (κ1) is 16.1. The number of carbonyl (C=O) groups excluding carboxylic acids is 1. The lowest BCUT2D eigenvalue weighted by Crippen LogP contribution is -2.30. The molecule has 0 heterocycles. The number of likely N-dealkylation sites (N-methyl/N-ethyl adjacent to an activating group) is 1. The number of aryl methyl sites for hydroxylation is 2. The fourth-order valence-corrected chi connectivity index (χ4v) is 2.91. The summed E-state index contributed by atoms with van der Waals surface area (Å²) in [5, 5.41) is 5.42. The molecule has 1 N–H and O–H groups in total. The smallest absolute Gasteiger partial charge is 0.243 e. The number of nitrogens with zero attached hydrogens (tertiary/aromatic N) is 1. The van der Waals surface area contributed by atoms with Crippen molar-refractivity contribution in [2.75, 3.05) is 23.8 Å². The Kier molecular flexibility index (Phi) is 4.52. The van der Waals surface area contributed by atoms with E-state index in [9.17, 15) is 4.79 Å². The summed E-state index contributed by atoms with van der Waals surface area (Å²) < 4.78 is 0. The summed E-state index contributed by atoms with van der Waals surface area (Å²) in [7, 11) is 1.94. The van der Waals surface area contributed by atoms with Crippen LogP contribution in [0, 0.1) is 13.8 Å². The van der Waals surface area contributed by atoms with Crippen molar-refractivity contribution in [1.82, 2.24) is 0 Å². The Hall–Kier alpha value is -2.81. The van der Waals surface area contributed by atoms with E-state index >= 15 is 0 Å². The number of nitrogens with one attached hydrogen (secondary N) is 1. The molecule has 0 atom stereocenters. The predicted octanol–water partition coefficient (Wildman–Crippen LogP) is 4.53. The lowest BCUT2D eigenvalue weighted by atomic mass is 10.1. The van der Waals surface area contributed by atoms with Crippen LogP contribution in [-0.4, -0.2) is 19.5 Å². The summed E-state index contributed by atoms with van der Waals surface area (Å²) in [5.74, 6) is -0.0111. The summed E-state index contributed by atoms with van der Waals surface area (Å²) >= 11 is 0. The van der Waals surface area contributed by atoms with Crippen molar-refractivity contribution in [3.8, 4) is 0 Å². The number of para-hydroxylation sites is 1. The molecule has 0 unspecified atom stereocenters. The zero-order valence-electron chi connectivity index (χ0n) is 14.3. The van der Waals surface area contributed by atoms with Crippen molar-refractivity contribution in [2.24, 2.45) is 0 Å². The Labute approximate surface area is 142 Å². The van der Waals surface area contributed by atoms with E-state index in [0.717, 1.165) is 22.5 Å². The number of hydrogen-bond donors (Lipinski definition) is 1. The summed E-state index contributed by atoms with van der Waals surface area (Å²) in [4.78, 5) is 14.4. The van der Waals surface area contributed by atoms with Gasteiger partial charge >= 0.3 is 0 Å². The van der Waals surface area contributed by atoms with Crippen LogP contribution in [0.15, 0.2) is 60.7 Å². The van der Waals surface area contributed by atoms with Crippen LogP contribution in [0.4, 0.5) is 11.4 Å². The average molecular weight is 318 g/mol. The number of fused-ring (bicyclic) bond motifs is 1. The minimum Gasteiger partial charge on any atom is -0.365 e. The fourth-order valence-electron chi connectivity index (χ4n) is 2.91. The zero-order valence-corrected chi connectivity index (χ0v) is 14.3. The number of anilines is 2. The van der Waals surface area contributed by atoms with Crippen molar-refractivity contribution >= 4 is 28.1 Å². The quantitative estimate of drug-likeness (QED) is 0.766. The molecule has 1 amide bonds. The van der Waals surface area contributed by atoms with E-state index < -0.39 is 0 Å². The van der Waals surface area contributed by atoms with Gasteiger partial charge in [-0.1, -0.05) is 48.5 Å². The molecule has 3 aromatic carbocycles. The summed E-state index contributed by atoms with van der Waals surface area (Å²) in [6.45, 7) is 4.33. The maximum atomic E-state index is 12.4. The maximum Gasteiger partial charge on any atom is 0.243 e. The van der Waals surface area contributed by atoms with Gasteiger partial charge in [0.25, 0.3) is 0 Å². The second-order valence-electron chi connectivity index (χ2n) is 6.20. The van der Waals surface area contributed by atoms with Gasteiger partial charge in [0.2, 0.25) is 5.91 Å². The molecule has 0 aromatic heterocycles. The van der Waals surface area contributed by atoms with Gasteiger partial charge in [-0.25, -0.2) is 0 Å². The minimum absolute atomic E-state index is 0.0111. The van der Waals surface area contributed by atoms with E-state index in [2.05, 4.69) is 35.6 Å². The molecule has 0 aliphatic carbocycles. The van der Waals surface area contributed by atoms with Gasteiger partial charge in [0.05, 0.1) is 6.54 Å². The Morgan fingerprint density at radius 3 is 2.29 bits per heavy atom. The van der Waals surface area contributed by atoms with Crippen LogP contribution in [0.2, 0.25) is 0 Å². The number of benzene rings is 3. The summed E-state index contributed by atoms with van der Waals surface area (Å²) in [6, 6.07) is 20.5. The third-order valence-electron chi connectivity index (χ3n) is 4.30. The second kappa shape index (κ2) is 6.75. The number of rotatable bonds is 4. The molecule has 0 bridgehead atoms. The second-order valence-corrected chi connectivity index (χ2v) is 6.20. The molecular weight excluding hydrogens is 296 g/mol. The van der Waals surface area contributed by atoms with Crippen molar-refractivity contribution in [3.05, 3.63) is 71.8 Å². The first-order valence-electron chi connectivity index (χ1n) is 8.10. The number of hydrogen-bond acceptors (Lipinski definition) is 2. The standard InChI is InChI=1S/C21H22N2O/c1-15-7-6-8-16(2)21(15)22-20(24)14-23(3)19-12-11-17-9-4-5-10-18(17)13-19/h4-13H,14H2,1-3H3,(H,22,24). The molecule has 3 rings (SSSR count). The van der Waals surface area contributed by atoms with Crippen LogP contribution in [0.25, 0.3) is 10.8 Å². The molecule has 0 aliphatic rings. The van der Waals surface area contributed by atoms with Gasteiger partial charge in [0.1, 0.15) is 0 Å². The maximum absolute atomic E-state index is 12.4. The highest BCUT2D eigenvalue weighted by Crippen LogP contribution is 2.22.